The molecule has 144 valence electrons. The number of rotatable bonds is 8. The maximum absolute atomic E-state index is 11.8. The van der Waals surface area contributed by atoms with Gasteiger partial charge in [-0.1, -0.05) is 30.3 Å². The van der Waals surface area contributed by atoms with Gasteiger partial charge in [-0.2, -0.15) is 10.4 Å². The second-order valence-electron chi connectivity index (χ2n) is 6.06. The third kappa shape index (κ3) is 6.52. The zero-order valence-corrected chi connectivity index (χ0v) is 15.6. The van der Waals surface area contributed by atoms with E-state index < -0.39 is 0 Å². The summed E-state index contributed by atoms with van der Waals surface area (Å²) >= 11 is 0. The van der Waals surface area contributed by atoms with E-state index in [0.29, 0.717) is 17.9 Å². The van der Waals surface area contributed by atoms with Gasteiger partial charge in [0.15, 0.2) is 6.61 Å². The summed E-state index contributed by atoms with van der Waals surface area (Å²) in [7, 11) is 0. The summed E-state index contributed by atoms with van der Waals surface area (Å²) in [5, 5.41) is 12.7. The lowest BCUT2D eigenvalue weighted by Crippen LogP contribution is -2.24. The molecule has 0 saturated heterocycles. The lowest BCUT2D eigenvalue weighted by Gasteiger charge is -2.06. The van der Waals surface area contributed by atoms with Crippen molar-refractivity contribution in [2.75, 3.05) is 6.61 Å². The average Bonchev–Trinajstić information content (AvgIpc) is 2.78. The Bertz CT molecular complexity index is 992. The van der Waals surface area contributed by atoms with Crippen LogP contribution in [0, 0.1) is 11.3 Å². The number of benzene rings is 3. The van der Waals surface area contributed by atoms with Crippen molar-refractivity contribution in [2.24, 2.45) is 5.10 Å². The summed E-state index contributed by atoms with van der Waals surface area (Å²) in [4.78, 5) is 11.8. The first-order chi connectivity index (χ1) is 14.2. The van der Waals surface area contributed by atoms with Crippen LogP contribution in [0.4, 0.5) is 0 Å². The predicted octanol–water partition coefficient (Wildman–Crippen LogP) is 3.67. The second-order valence-corrected chi connectivity index (χ2v) is 6.06. The Labute approximate surface area is 169 Å². The molecule has 0 saturated carbocycles. The lowest BCUT2D eigenvalue weighted by atomic mass is 10.2. The van der Waals surface area contributed by atoms with Crippen molar-refractivity contribution in [2.45, 2.75) is 6.61 Å². The molecule has 1 amide bonds. The lowest BCUT2D eigenvalue weighted by molar-refractivity contribution is -0.123. The number of ether oxygens (including phenoxy) is 2. The fraction of sp³-hybridized carbons (Fsp3) is 0.0870. The molecule has 0 unspecified atom stereocenters. The Hall–Kier alpha value is -4.11. The smallest absolute Gasteiger partial charge is 0.277 e. The molecule has 6 heteroatoms. The van der Waals surface area contributed by atoms with Crippen molar-refractivity contribution in [1.82, 2.24) is 5.43 Å². The molecule has 0 bridgehead atoms. The van der Waals surface area contributed by atoms with Gasteiger partial charge in [-0.15, -0.1) is 0 Å². The minimum atomic E-state index is -0.381. The van der Waals surface area contributed by atoms with E-state index in [0.717, 1.165) is 16.9 Å². The van der Waals surface area contributed by atoms with Crippen molar-refractivity contribution >= 4 is 12.1 Å². The van der Waals surface area contributed by atoms with E-state index in [-0.39, 0.29) is 12.5 Å². The second kappa shape index (κ2) is 10.3. The van der Waals surface area contributed by atoms with Crippen LogP contribution in [0.5, 0.6) is 11.5 Å². The highest BCUT2D eigenvalue weighted by molar-refractivity contribution is 5.83. The molecule has 0 radical (unpaired) electrons. The van der Waals surface area contributed by atoms with Crippen LogP contribution in [0.3, 0.4) is 0 Å². The fourth-order valence-electron chi connectivity index (χ4n) is 2.38. The molecular weight excluding hydrogens is 366 g/mol. The van der Waals surface area contributed by atoms with Crippen LogP contribution in [0.25, 0.3) is 0 Å². The van der Waals surface area contributed by atoms with Gasteiger partial charge in [-0.05, 0) is 59.7 Å². The van der Waals surface area contributed by atoms with Gasteiger partial charge in [-0.25, -0.2) is 5.43 Å². The molecule has 3 aromatic carbocycles. The van der Waals surface area contributed by atoms with E-state index in [2.05, 4.69) is 10.5 Å². The highest BCUT2D eigenvalue weighted by Crippen LogP contribution is 2.13. The molecule has 0 aromatic heterocycles. The molecular formula is C23H19N3O3. The van der Waals surface area contributed by atoms with Gasteiger partial charge < -0.3 is 9.47 Å². The van der Waals surface area contributed by atoms with Crippen molar-refractivity contribution in [3.63, 3.8) is 0 Å². The van der Waals surface area contributed by atoms with E-state index in [4.69, 9.17) is 14.7 Å². The average molecular weight is 385 g/mol. The van der Waals surface area contributed by atoms with Crippen LogP contribution < -0.4 is 14.9 Å². The Morgan fingerprint density at radius 1 is 0.931 bits per heavy atom. The fourth-order valence-corrected chi connectivity index (χ4v) is 2.38. The Morgan fingerprint density at radius 2 is 1.59 bits per heavy atom. The minimum absolute atomic E-state index is 0.171. The summed E-state index contributed by atoms with van der Waals surface area (Å²) in [6, 6.07) is 25.9. The minimum Gasteiger partial charge on any atom is -0.489 e. The van der Waals surface area contributed by atoms with E-state index in [1.54, 1.807) is 30.5 Å². The molecule has 0 fully saturated rings. The van der Waals surface area contributed by atoms with Gasteiger partial charge in [-0.3, -0.25) is 4.79 Å². The number of carbonyl (C=O) groups is 1. The van der Waals surface area contributed by atoms with Crippen molar-refractivity contribution in [1.29, 1.82) is 5.26 Å². The van der Waals surface area contributed by atoms with E-state index in [1.807, 2.05) is 60.7 Å². The van der Waals surface area contributed by atoms with Crippen LogP contribution in [-0.4, -0.2) is 18.7 Å². The SMILES string of the molecule is N#Cc1ccc(OCC(=O)N/N=C\c2ccc(OCc3ccccc3)cc2)cc1. The normalized spacial score (nSPS) is 10.3. The van der Waals surface area contributed by atoms with Crippen molar-refractivity contribution in [3.8, 4) is 17.6 Å². The van der Waals surface area contributed by atoms with Crippen molar-refractivity contribution < 1.29 is 14.3 Å². The number of hydrogen-bond donors (Lipinski definition) is 1. The van der Waals surface area contributed by atoms with Crippen LogP contribution in [-0.2, 0) is 11.4 Å². The maximum atomic E-state index is 11.8. The summed E-state index contributed by atoms with van der Waals surface area (Å²) in [5.74, 6) is 0.883. The molecule has 0 aliphatic rings. The van der Waals surface area contributed by atoms with Gasteiger partial charge in [0.2, 0.25) is 0 Å². The number of amides is 1. The molecule has 3 aromatic rings. The van der Waals surface area contributed by atoms with Gasteiger partial charge in [0.1, 0.15) is 18.1 Å². The molecule has 3 rings (SSSR count). The monoisotopic (exact) mass is 385 g/mol. The highest BCUT2D eigenvalue weighted by Gasteiger charge is 2.02. The molecule has 0 aliphatic carbocycles. The third-order valence-corrected chi connectivity index (χ3v) is 3.88. The quantitative estimate of drug-likeness (QED) is 0.474. The first kappa shape index (κ1) is 19.6. The zero-order valence-electron chi connectivity index (χ0n) is 15.6. The van der Waals surface area contributed by atoms with Gasteiger partial charge in [0.25, 0.3) is 5.91 Å². The van der Waals surface area contributed by atoms with Gasteiger partial charge in [0, 0.05) is 0 Å². The van der Waals surface area contributed by atoms with Crippen LogP contribution in [0.2, 0.25) is 0 Å². The largest absolute Gasteiger partial charge is 0.489 e. The van der Waals surface area contributed by atoms with Gasteiger partial charge in [0.05, 0.1) is 17.8 Å². The summed E-state index contributed by atoms with van der Waals surface area (Å²) in [6.07, 6.45) is 1.54. The molecule has 29 heavy (non-hydrogen) atoms. The number of carbonyl (C=O) groups excluding carboxylic acids is 1. The predicted molar refractivity (Wildman–Crippen MR) is 110 cm³/mol. The van der Waals surface area contributed by atoms with Gasteiger partial charge >= 0.3 is 0 Å². The third-order valence-electron chi connectivity index (χ3n) is 3.88. The molecule has 0 aliphatic heterocycles. The summed E-state index contributed by atoms with van der Waals surface area (Å²) < 4.78 is 11.1. The van der Waals surface area contributed by atoms with E-state index in [9.17, 15) is 4.79 Å². The number of nitriles is 1. The molecule has 0 spiro atoms. The molecule has 6 nitrogen and oxygen atoms in total. The topological polar surface area (TPSA) is 83.7 Å². The molecule has 0 atom stereocenters. The highest BCUT2D eigenvalue weighted by atomic mass is 16.5. The Balaban J connectivity index is 1.41. The Morgan fingerprint density at radius 3 is 2.28 bits per heavy atom. The number of hydrazone groups is 1. The standard InChI is InChI=1S/C23H19N3O3/c24-14-18-6-10-22(11-7-18)29-17-23(27)26-25-15-19-8-12-21(13-9-19)28-16-20-4-2-1-3-5-20/h1-13,15H,16-17H2,(H,26,27)/b25-15-. The first-order valence-corrected chi connectivity index (χ1v) is 8.94. The van der Waals surface area contributed by atoms with Crippen LogP contribution >= 0.6 is 0 Å². The first-order valence-electron chi connectivity index (χ1n) is 8.94. The van der Waals surface area contributed by atoms with E-state index in [1.165, 1.54) is 0 Å². The summed E-state index contributed by atoms with van der Waals surface area (Å²) in [6.45, 7) is 0.332. The molecule has 1 N–H and O–H groups in total. The number of nitrogens with zero attached hydrogens (tertiary/aromatic N) is 2. The number of hydrogen-bond acceptors (Lipinski definition) is 5. The van der Waals surface area contributed by atoms with Crippen LogP contribution in [0.1, 0.15) is 16.7 Å². The van der Waals surface area contributed by atoms with E-state index >= 15 is 0 Å². The van der Waals surface area contributed by atoms with Crippen LogP contribution in [0.15, 0.2) is 84.0 Å². The number of nitrogens with one attached hydrogen (secondary N) is 1. The maximum Gasteiger partial charge on any atom is 0.277 e. The Kier molecular flexibility index (Phi) is 6.97. The summed E-state index contributed by atoms with van der Waals surface area (Å²) in [5.41, 5.74) is 4.86. The zero-order chi connectivity index (χ0) is 20.3. The molecule has 0 heterocycles. The van der Waals surface area contributed by atoms with Crippen molar-refractivity contribution in [3.05, 3.63) is 95.6 Å².